The summed E-state index contributed by atoms with van der Waals surface area (Å²) in [6.45, 7) is 4.63. The van der Waals surface area contributed by atoms with Crippen molar-refractivity contribution in [2.24, 2.45) is 5.92 Å². The molecule has 1 aliphatic heterocycles. The summed E-state index contributed by atoms with van der Waals surface area (Å²) in [5.41, 5.74) is 10.4. The molecule has 0 bridgehead atoms. The predicted molar refractivity (Wildman–Crippen MR) is 152 cm³/mol. The molecule has 39 heavy (non-hydrogen) atoms. The van der Waals surface area contributed by atoms with Crippen LogP contribution < -0.4 is 15.8 Å². The van der Waals surface area contributed by atoms with Crippen molar-refractivity contribution in [1.82, 2.24) is 29.7 Å². The molecule has 2 aromatic heterocycles. The third-order valence-electron chi connectivity index (χ3n) is 7.97. The second kappa shape index (κ2) is 10.9. The molecule has 1 aliphatic carbocycles. The molecule has 9 nitrogen and oxygen atoms in total. The summed E-state index contributed by atoms with van der Waals surface area (Å²) in [5.74, 6) is 1.72. The van der Waals surface area contributed by atoms with Crippen LogP contribution in [0.4, 0.5) is 10.6 Å². The van der Waals surface area contributed by atoms with Gasteiger partial charge in [0.05, 0.1) is 5.39 Å². The molecule has 0 atom stereocenters. The van der Waals surface area contributed by atoms with Crippen molar-refractivity contribution in [2.75, 3.05) is 45.5 Å². The predicted octanol–water partition coefficient (Wildman–Crippen LogP) is 4.17. The molecule has 4 aromatic rings. The van der Waals surface area contributed by atoms with Gasteiger partial charge in [-0.05, 0) is 49.1 Å². The highest BCUT2D eigenvalue weighted by Crippen LogP contribution is 2.43. The number of rotatable bonds is 7. The number of hydrogen-bond donors (Lipinski definition) is 2. The number of ether oxygens (including phenoxy) is 1. The summed E-state index contributed by atoms with van der Waals surface area (Å²) in [4.78, 5) is 25.6. The molecule has 202 valence electrons. The first-order valence-electron chi connectivity index (χ1n) is 13.6. The molecule has 1 saturated heterocycles. The maximum atomic E-state index is 12.6. The molecule has 2 amide bonds. The zero-order chi connectivity index (χ0) is 26.8. The van der Waals surface area contributed by atoms with Crippen LogP contribution in [0.15, 0.2) is 67.1 Å². The molecular weight excluding hydrogens is 490 g/mol. The van der Waals surface area contributed by atoms with Gasteiger partial charge in [-0.3, -0.25) is 0 Å². The third-order valence-corrected chi connectivity index (χ3v) is 7.97. The van der Waals surface area contributed by atoms with Crippen molar-refractivity contribution in [3.05, 3.63) is 72.7 Å². The monoisotopic (exact) mass is 525 g/mol. The van der Waals surface area contributed by atoms with Crippen LogP contribution in [-0.2, 0) is 6.61 Å². The standard InChI is InChI=1S/C30H35N7O2/c1-35-10-12-36(13-11-35)30(38)32-17-22-14-24(15-22)37-18-26(27-28(31)33-20-34-29(27)37)23-8-5-9-25(16-23)39-19-21-6-3-2-4-7-21/h2-9,16,18,20,22,24H,10-15,17,19H2,1H3,(H,32,38)(H2,31,33,34). The van der Waals surface area contributed by atoms with Crippen molar-refractivity contribution >= 4 is 22.9 Å². The number of nitrogens with zero attached hydrogens (tertiary/aromatic N) is 5. The Morgan fingerprint density at radius 1 is 1.05 bits per heavy atom. The van der Waals surface area contributed by atoms with Crippen LogP contribution in [0.3, 0.4) is 0 Å². The number of hydrogen-bond acceptors (Lipinski definition) is 6. The number of nitrogen functional groups attached to an aromatic ring is 1. The highest BCUT2D eigenvalue weighted by Gasteiger charge is 2.33. The van der Waals surface area contributed by atoms with Crippen molar-refractivity contribution in [2.45, 2.75) is 25.5 Å². The van der Waals surface area contributed by atoms with Crippen LogP contribution in [0.5, 0.6) is 5.75 Å². The third kappa shape index (κ3) is 5.40. The van der Waals surface area contributed by atoms with Gasteiger partial charge in [0.15, 0.2) is 0 Å². The normalized spacial score (nSPS) is 19.6. The van der Waals surface area contributed by atoms with Gasteiger partial charge >= 0.3 is 6.03 Å². The first-order valence-corrected chi connectivity index (χ1v) is 13.6. The highest BCUT2D eigenvalue weighted by atomic mass is 16.5. The molecule has 1 saturated carbocycles. The summed E-state index contributed by atoms with van der Waals surface area (Å²) in [5, 5.41) is 4.01. The molecule has 2 aromatic carbocycles. The number of amides is 2. The molecule has 9 heteroatoms. The minimum absolute atomic E-state index is 0.0510. The van der Waals surface area contributed by atoms with E-state index < -0.39 is 0 Å². The van der Waals surface area contributed by atoms with Crippen LogP contribution in [-0.4, -0.2) is 70.1 Å². The summed E-state index contributed by atoms with van der Waals surface area (Å²) >= 11 is 0. The lowest BCUT2D eigenvalue weighted by atomic mass is 9.80. The number of likely N-dealkylation sites (N-methyl/N-ethyl adjacent to an activating group) is 1. The molecule has 0 spiro atoms. The lowest BCUT2D eigenvalue weighted by Gasteiger charge is -2.38. The van der Waals surface area contributed by atoms with E-state index in [-0.39, 0.29) is 6.03 Å². The van der Waals surface area contributed by atoms with E-state index in [0.29, 0.717) is 30.9 Å². The molecule has 2 aliphatic rings. The fraction of sp³-hybridized carbons (Fsp3) is 0.367. The summed E-state index contributed by atoms with van der Waals surface area (Å²) in [6.07, 6.45) is 5.65. The van der Waals surface area contributed by atoms with Gasteiger partial charge in [-0.15, -0.1) is 0 Å². The minimum Gasteiger partial charge on any atom is -0.489 e. The topological polar surface area (TPSA) is 102 Å². The van der Waals surface area contributed by atoms with Gasteiger partial charge < -0.3 is 30.2 Å². The maximum absolute atomic E-state index is 12.6. The van der Waals surface area contributed by atoms with Crippen molar-refractivity contribution in [1.29, 1.82) is 0 Å². The molecule has 3 N–H and O–H groups in total. The number of piperazine rings is 1. The van der Waals surface area contributed by atoms with Crippen LogP contribution in [0, 0.1) is 5.92 Å². The Bertz CT molecular complexity index is 1440. The van der Waals surface area contributed by atoms with Crippen LogP contribution in [0.2, 0.25) is 0 Å². The zero-order valence-corrected chi connectivity index (χ0v) is 22.3. The van der Waals surface area contributed by atoms with Crippen LogP contribution in [0.25, 0.3) is 22.2 Å². The molecule has 0 unspecified atom stereocenters. The van der Waals surface area contributed by atoms with Gasteiger partial charge in [0.1, 0.15) is 30.1 Å². The van der Waals surface area contributed by atoms with E-state index in [9.17, 15) is 4.79 Å². The Labute approximate surface area is 228 Å². The number of carbonyl (C=O) groups is 1. The lowest BCUT2D eigenvalue weighted by molar-refractivity contribution is 0.146. The van der Waals surface area contributed by atoms with Gasteiger partial charge in [-0.2, -0.15) is 0 Å². The average molecular weight is 526 g/mol. The number of benzene rings is 2. The number of carbonyl (C=O) groups excluding carboxylic acids is 1. The van der Waals surface area contributed by atoms with E-state index in [1.807, 2.05) is 41.3 Å². The van der Waals surface area contributed by atoms with E-state index in [4.69, 9.17) is 10.5 Å². The smallest absolute Gasteiger partial charge is 0.317 e. The average Bonchev–Trinajstić information content (AvgIpc) is 3.33. The second-order valence-corrected chi connectivity index (χ2v) is 10.7. The first-order chi connectivity index (χ1) is 19.0. The van der Waals surface area contributed by atoms with Gasteiger partial charge in [0, 0.05) is 50.5 Å². The number of nitrogens with one attached hydrogen (secondary N) is 1. The number of urea groups is 1. The van der Waals surface area contributed by atoms with E-state index in [0.717, 1.165) is 72.5 Å². The minimum atomic E-state index is 0.0510. The van der Waals surface area contributed by atoms with Gasteiger partial charge in [-0.1, -0.05) is 42.5 Å². The largest absolute Gasteiger partial charge is 0.489 e. The number of anilines is 1. The molecule has 2 fully saturated rings. The Morgan fingerprint density at radius 3 is 2.64 bits per heavy atom. The molecular formula is C30H35N7O2. The SMILES string of the molecule is CN1CCN(C(=O)NCC2CC(n3cc(-c4cccc(OCc5ccccc5)c4)c4c(N)ncnc43)C2)CC1. The van der Waals surface area contributed by atoms with E-state index in [1.165, 1.54) is 6.33 Å². The summed E-state index contributed by atoms with van der Waals surface area (Å²) < 4.78 is 8.32. The first kappa shape index (κ1) is 25.2. The van der Waals surface area contributed by atoms with Crippen molar-refractivity contribution in [3.8, 4) is 16.9 Å². The van der Waals surface area contributed by atoms with Gasteiger partial charge in [0.2, 0.25) is 0 Å². The van der Waals surface area contributed by atoms with Gasteiger partial charge in [-0.25, -0.2) is 14.8 Å². The maximum Gasteiger partial charge on any atom is 0.317 e. The number of fused-ring (bicyclic) bond motifs is 1. The quantitative estimate of drug-likeness (QED) is 0.376. The van der Waals surface area contributed by atoms with E-state index in [2.05, 4.69) is 56.2 Å². The van der Waals surface area contributed by atoms with E-state index >= 15 is 0 Å². The molecule has 6 rings (SSSR count). The fourth-order valence-corrected chi connectivity index (χ4v) is 5.55. The van der Waals surface area contributed by atoms with Crippen molar-refractivity contribution < 1.29 is 9.53 Å². The Hall–Kier alpha value is -4.11. The Balaban J connectivity index is 1.15. The Kier molecular flexibility index (Phi) is 7.06. The zero-order valence-electron chi connectivity index (χ0n) is 22.3. The Morgan fingerprint density at radius 2 is 1.85 bits per heavy atom. The second-order valence-electron chi connectivity index (χ2n) is 10.7. The summed E-state index contributed by atoms with van der Waals surface area (Å²) in [7, 11) is 2.09. The molecule has 0 radical (unpaired) electrons. The van der Waals surface area contributed by atoms with E-state index in [1.54, 1.807) is 0 Å². The highest BCUT2D eigenvalue weighted by molar-refractivity contribution is 6.00. The van der Waals surface area contributed by atoms with Crippen LogP contribution >= 0.6 is 0 Å². The van der Waals surface area contributed by atoms with Gasteiger partial charge in [0.25, 0.3) is 0 Å². The fourth-order valence-electron chi connectivity index (χ4n) is 5.55. The number of aromatic nitrogens is 3. The molecule has 3 heterocycles. The lowest BCUT2D eigenvalue weighted by Crippen LogP contribution is -2.51. The number of nitrogens with two attached hydrogens (primary N) is 1. The van der Waals surface area contributed by atoms with Crippen LogP contribution in [0.1, 0.15) is 24.4 Å². The van der Waals surface area contributed by atoms with Crippen molar-refractivity contribution in [3.63, 3.8) is 0 Å². The summed E-state index contributed by atoms with van der Waals surface area (Å²) in [6, 6.07) is 18.6.